The van der Waals surface area contributed by atoms with E-state index in [1.165, 1.54) is 18.2 Å². The van der Waals surface area contributed by atoms with Crippen molar-refractivity contribution >= 4 is 33.2 Å². The van der Waals surface area contributed by atoms with Crippen molar-refractivity contribution in [2.75, 3.05) is 12.4 Å². The van der Waals surface area contributed by atoms with Gasteiger partial charge in [-0.25, -0.2) is 13.1 Å². The van der Waals surface area contributed by atoms with Crippen LogP contribution in [0.4, 0.5) is 5.69 Å². The zero-order valence-electron chi connectivity index (χ0n) is 15.6. The van der Waals surface area contributed by atoms with Crippen molar-refractivity contribution in [2.45, 2.75) is 11.4 Å². The highest BCUT2D eigenvalue weighted by Crippen LogP contribution is 2.24. The minimum Gasteiger partial charge on any atom is -0.497 e. The molecule has 0 aliphatic heterocycles. The number of rotatable bonds is 7. The summed E-state index contributed by atoms with van der Waals surface area (Å²) in [6, 6.07) is 20.0. The molecule has 0 unspecified atom stereocenters. The highest BCUT2D eigenvalue weighted by atomic mass is 35.5. The predicted molar refractivity (Wildman–Crippen MR) is 113 cm³/mol. The third-order valence-electron chi connectivity index (χ3n) is 4.14. The molecule has 0 aromatic heterocycles. The minimum absolute atomic E-state index is 0.0339. The topological polar surface area (TPSA) is 84.5 Å². The van der Waals surface area contributed by atoms with Crippen molar-refractivity contribution in [3.63, 3.8) is 0 Å². The van der Waals surface area contributed by atoms with Gasteiger partial charge in [0.25, 0.3) is 5.91 Å². The first-order chi connectivity index (χ1) is 13.9. The summed E-state index contributed by atoms with van der Waals surface area (Å²) < 4.78 is 33.0. The Morgan fingerprint density at radius 3 is 2.34 bits per heavy atom. The van der Waals surface area contributed by atoms with Gasteiger partial charge in [0.15, 0.2) is 0 Å². The second-order valence-electron chi connectivity index (χ2n) is 6.14. The molecule has 0 spiro atoms. The Hall–Kier alpha value is -2.87. The van der Waals surface area contributed by atoms with E-state index in [9.17, 15) is 13.2 Å². The van der Waals surface area contributed by atoms with Crippen molar-refractivity contribution in [2.24, 2.45) is 0 Å². The number of methoxy groups -OCH3 is 1. The molecule has 150 valence electrons. The summed E-state index contributed by atoms with van der Waals surface area (Å²) in [7, 11) is -2.35. The molecule has 0 radical (unpaired) electrons. The molecule has 1 amide bonds. The van der Waals surface area contributed by atoms with E-state index >= 15 is 0 Å². The molecule has 3 rings (SSSR count). The van der Waals surface area contributed by atoms with Gasteiger partial charge >= 0.3 is 0 Å². The molecule has 0 aliphatic rings. The molecule has 8 heteroatoms. The van der Waals surface area contributed by atoms with Crippen LogP contribution in [0.5, 0.6) is 5.75 Å². The van der Waals surface area contributed by atoms with E-state index in [0.29, 0.717) is 11.4 Å². The summed E-state index contributed by atoms with van der Waals surface area (Å²) in [5.74, 6) is 0.207. The maximum absolute atomic E-state index is 12.7. The molecule has 3 aromatic carbocycles. The number of ether oxygens (including phenoxy) is 1. The fourth-order valence-electron chi connectivity index (χ4n) is 2.58. The predicted octanol–water partition coefficient (Wildman–Crippen LogP) is 4.08. The molecular weight excluding hydrogens is 412 g/mol. The van der Waals surface area contributed by atoms with E-state index in [-0.39, 0.29) is 22.0 Å². The lowest BCUT2D eigenvalue weighted by Crippen LogP contribution is -2.24. The van der Waals surface area contributed by atoms with Crippen LogP contribution >= 0.6 is 11.6 Å². The lowest BCUT2D eigenvalue weighted by atomic mass is 10.2. The Kier molecular flexibility index (Phi) is 6.53. The molecule has 0 heterocycles. The van der Waals surface area contributed by atoms with Gasteiger partial charge in [-0.05, 0) is 48.0 Å². The Morgan fingerprint density at radius 1 is 1.00 bits per heavy atom. The standard InChI is InChI=1S/C21H19ClN2O4S/c1-28-18-10-8-17(9-11-18)24-21(25)16-7-12-19(22)20(13-16)29(26,27)23-14-15-5-3-2-4-6-15/h2-13,23H,14H2,1H3,(H,24,25). The van der Waals surface area contributed by atoms with Crippen LogP contribution in [-0.4, -0.2) is 21.4 Å². The van der Waals surface area contributed by atoms with Gasteiger partial charge in [-0.3, -0.25) is 4.79 Å². The third-order valence-corrected chi connectivity index (χ3v) is 6.02. The Morgan fingerprint density at radius 2 is 1.69 bits per heavy atom. The first-order valence-corrected chi connectivity index (χ1v) is 10.5. The molecule has 0 fully saturated rings. The molecule has 2 N–H and O–H groups in total. The lowest BCUT2D eigenvalue weighted by molar-refractivity contribution is 0.102. The van der Waals surface area contributed by atoms with Gasteiger partial charge in [0.05, 0.1) is 12.1 Å². The quantitative estimate of drug-likeness (QED) is 0.591. The van der Waals surface area contributed by atoms with Crippen LogP contribution in [0.2, 0.25) is 5.02 Å². The molecular formula is C21H19ClN2O4S. The molecule has 29 heavy (non-hydrogen) atoms. The number of sulfonamides is 1. The van der Waals surface area contributed by atoms with Gasteiger partial charge < -0.3 is 10.1 Å². The molecule has 0 saturated heterocycles. The van der Waals surface area contributed by atoms with Gasteiger partial charge in [-0.1, -0.05) is 41.9 Å². The zero-order valence-corrected chi connectivity index (χ0v) is 17.1. The maximum atomic E-state index is 12.7. The number of benzene rings is 3. The van der Waals surface area contributed by atoms with Gasteiger partial charge in [-0.15, -0.1) is 0 Å². The number of amides is 1. The highest BCUT2D eigenvalue weighted by Gasteiger charge is 2.20. The number of carbonyl (C=O) groups is 1. The number of halogens is 1. The van der Waals surface area contributed by atoms with Crippen LogP contribution in [0.1, 0.15) is 15.9 Å². The molecule has 0 saturated carbocycles. The Bertz CT molecular complexity index is 1100. The van der Waals surface area contributed by atoms with Gasteiger partial charge in [0.2, 0.25) is 10.0 Å². The van der Waals surface area contributed by atoms with E-state index in [4.69, 9.17) is 16.3 Å². The van der Waals surface area contributed by atoms with Gasteiger partial charge in [0, 0.05) is 17.8 Å². The van der Waals surface area contributed by atoms with Crippen molar-refractivity contribution < 1.29 is 17.9 Å². The normalized spacial score (nSPS) is 11.1. The number of carbonyl (C=O) groups excluding carboxylic acids is 1. The van der Waals surface area contributed by atoms with Crippen LogP contribution in [0.25, 0.3) is 0 Å². The Balaban J connectivity index is 1.78. The summed E-state index contributed by atoms with van der Waals surface area (Å²) in [5.41, 5.74) is 1.53. The Labute approximate surface area is 174 Å². The summed E-state index contributed by atoms with van der Waals surface area (Å²) >= 11 is 6.10. The number of hydrogen-bond acceptors (Lipinski definition) is 4. The zero-order chi connectivity index (χ0) is 20.9. The van der Waals surface area contributed by atoms with Gasteiger partial charge in [0.1, 0.15) is 10.6 Å². The number of nitrogens with one attached hydrogen (secondary N) is 2. The second kappa shape index (κ2) is 9.09. The largest absolute Gasteiger partial charge is 0.497 e. The molecule has 6 nitrogen and oxygen atoms in total. The molecule has 3 aromatic rings. The summed E-state index contributed by atoms with van der Waals surface area (Å²) in [6.07, 6.45) is 0. The van der Waals surface area contributed by atoms with Crippen molar-refractivity contribution in [3.05, 3.63) is 88.9 Å². The van der Waals surface area contributed by atoms with Crippen LogP contribution in [0, 0.1) is 0 Å². The fraction of sp³-hybridized carbons (Fsp3) is 0.0952. The van der Waals surface area contributed by atoms with Gasteiger partial charge in [-0.2, -0.15) is 0 Å². The first kappa shape index (κ1) is 20.9. The first-order valence-electron chi connectivity index (χ1n) is 8.67. The van der Waals surface area contributed by atoms with E-state index in [1.54, 1.807) is 31.4 Å². The number of anilines is 1. The van der Waals surface area contributed by atoms with Crippen molar-refractivity contribution in [3.8, 4) is 5.75 Å². The van der Waals surface area contributed by atoms with E-state index < -0.39 is 15.9 Å². The van der Waals surface area contributed by atoms with E-state index in [0.717, 1.165) is 5.56 Å². The maximum Gasteiger partial charge on any atom is 0.255 e. The van der Waals surface area contributed by atoms with E-state index in [1.807, 2.05) is 30.3 Å². The third kappa shape index (κ3) is 5.35. The van der Waals surface area contributed by atoms with Crippen LogP contribution in [0.3, 0.4) is 0 Å². The van der Waals surface area contributed by atoms with E-state index in [2.05, 4.69) is 10.0 Å². The van der Waals surface area contributed by atoms with Crippen LogP contribution in [-0.2, 0) is 16.6 Å². The molecule has 0 aliphatic carbocycles. The molecule has 0 bridgehead atoms. The average molecular weight is 431 g/mol. The summed E-state index contributed by atoms with van der Waals surface area (Å²) in [5, 5.41) is 2.75. The second-order valence-corrected chi connectivity index (χ2v) is 8.28. The SMILES string of the molecule is COc1ccc(NC(=O)c2ccc(Cl)c(S(=O)(=O)NCc3ccccc3)c2)cc1. The minimum atomic E-state index is -3.91. The lowest BCUT2D eigenvalue weighted by Gasteiger charge is -2.11. The monoisotopic (exact) mass is 430 g/mol. The van der Waals surface area contributed by atoms with Crippen LogP contribution < -0.4 is 14.8 Å². The number of hydrogen-bond donors (Lipinski definition) is 2. The summed E-state index contributed by atoms with van der Waals surface area (Å²) in [6.45, 7) is 0.113. The van der Waals surface area contributed by atoms with Crippen molar-refractivity contribution in [1.82, 2.24) is 4.72 Å². The smallest absolute Gasteiger partial charge is 0.255 e. The van der Waals surface area contributed by atoms with Crippen molar-refractivity contribution in [1.29, 1.82) is 0 Å². The fourth-order valence-corrected chi connectivity index (χ4v) is 4.12. The van der Waals surface area contributed by atoms with Crippen LogP contribution in [0.15, 0.2) is 77.7 Å². The molecule has 0 atom stereocenters. The summed E-state index contributed by atoms with van der Waals surface area (Å²) in [4.78, 5) is 12.4. The average Bonchev–Trinajstić information content (AvgIpc) is 2.74. The highest BCUT2D eigenvalue weighted by molar-refractivity contribution is 7.89.